The van der Waals surface area contributed by atoms with Gasteiger partial charge in [0.1, 0.15) is 0 Å². The SMILES string of the molecule is NC/C=C/COCc1ccccc1Br. The molecule has 0 bridgehead atoms. The average molecular weight is 256 g/mol. The van der Waals surface area contributed by atoms with Crippen LogP contribution in [0.4, 0.5) is 0 Å². The molecule has 0 heterocycles. The topological polar surface area (TPSA) is 35.2 Å². The molecule has 3 heteroatoms. The molecule has 1 aromatic carbocycles. The first-order valence-corrected chi connectivity index (χ1v) is 5.30. The Balaban J connectivity index is 2.31. The molecule has 0 aromatic heterocycles. The van der Waals surface area contributed by atoms with Crippen LogP contribution in [0.15, 0.2) is 40.9 Å². The Bertz CT molecular complexity index is 299. The molecule has 76 valence electrons. The summed E-state index contributed by atoms with van der Waals surface area (Å²) in [5.41, 5.74) is 6.46. The number of nitrogens with two attached hydrogens (primary N) is 1. The summed E-state index contributed by atoms with van der Waals surface area (Å²) in [6, 6.07) is 8.03. The van der Waals surface area contributed by atoms with E-state index in [2.05, 4.69) is 15.9 Å². The van der Waals surface area contributed by atoms with E-state index in [-0.39, 0.29) is 0 Å². The molecule has 1 rings (SSSR count). The normalized spacial score (nSPS) is 11.0. The monoisotopic (exact) mass is 255 g/mol. The quantitative estimate of drug-likeness (QED) is 0.648. The summed E-state index contributed by atoms with van der Waals surface area (Å²) in [6.45, 7) is 1.80. The van der Waals surface area contributed by atoms with Gasteiger partial charge in [-0.3, -0.25) is 0 Å². The van der Waals surface area contributed by atoms with E-state index >= 15 is 0 Å². The van der Waals surface area contributed by atoms with E-state index in [0.29, 0.717) is 19.8 Å². The minimum Gasteiger partial charge on any atom is -0.373 e. The van der Waals surface area contributed by atoms with Crippen molar-refractivity contribution in [1.82, 2.24) is 0 Å². The highest BCUT2D eigenvalue weighted by Gasteiger charge is 1.96. The second kappa shape index (κ2) is 6.76. The highest BCUT2D eigenvalue weighted by atomic mass is 79.9. The van der Waals surface area contributed by atoms with Crippen molar-refractivity contribution in [3.05, 3.63) is 46.5 Å². The van der Waals surface area contributed by atoms with Crippen LogP contribution in [-0.4, -0.2) is 13.2 Å². The zero-order valence-electron chi connectivity index (χ0n) is 7.95. The molecule has 0 amide bonds. The Hall–Kier alpha value is -0.640. The molecule has 0 aliphatic carbocycles. The first-order chi connectivity index (χ1) is 6.84. The third-order valence-corrected chi connectivity index (χ3v) is 2.51. The predicted octanol–water partition coefficient (Wildman–Crippen LogP) is 2.48. The third-order valence-electron chi connectivity index (χ3n) is 1.73. The lowest BCUT2D eigenvalue weighted by atomic mass is 10.2. The second-order valence-electron chi connectivity index (χ2n) is 2.81. The molecular formula is C11H14BrNO. The van der Waals surface area contributed by atoms with Crippen LogP contribution in [0.5, 0.6) is 0 Å². The van der Waals surface area contributed by atoms with E-state index in [4.69, 9.17) is 10.5 Å². The average Bonchev–Trinajstić information content (AvgIpc) is 2.20. The predicted molar refractivity (Wildman–Crippen MR) is 62.0 cm³/mol. The van der Waals surface area contributed by atoms with Gasteiger partial charge in [-0.2, -0.15) is 0 Å². The van der Waals surface area contributed by atoms with Crippen LogP contribution >= 0.6 is 15.9 Å². The summed E-state index contributed by atoms with van der Waals surface area (Å²) in [4.78, 5) is 0. The summed E-state index contributed by atoms with van der Waals surface area (Å²) in [7, 11) is 0. The van der Waals surface area contributed by atoms with Gasteiger partial charge in [-0.05, 0) is 11.6 Å². The van der Waals surface area contributed by atoms with Crippen molar-refractivity contribution in [2.24, 2.45) is 5.73 Å². The number of rotatable bonds is 5. The van der Waals surface area contributed by atoms with E-state index in [1.807, 2.05) is 36.4 Å². The first-order valence-electron chi connectivity index (χ1n) is 4.51. The van der Waals surface area contributed by atoms with Gasteiger partial charge in [-0.25, -0.2) is 0 Å². The fourth-order valence-electron chi connectivity index (χ4n) is 1.02. The molecule has 0 saturated carbocycles. The Labute approximate surface area is 92.9 Å². The van der Waals surface area contributed by atoms with Gasteiger partial charge < -0.3 is 10.5 Å². The van der Waals surface area contributed by atoms with Gasteiger partial charge in [-0.15, -0.1) is 0 Å². The van der Waals surface area contributed by atoms with Crippen molar-refractivity contribution in [3.8, 4) is 0 Å². The van der Waals surface area contributed by atoms with Crippen molar-refractivity contribution in [2.75, 3.05) is 13.2 Å². The summed E-state index contributed by atoms with van der Waals surface area (Å²) in [5, 5.41) is 0. The van der Waals surface area contributed by atoms with E-state index in [0.717, 1.165) is 10.0 Å². The number of ether oxygens (including phenoxy) is 1. The van der Waals surface area contributed by atoms with Gasteiger partial charge in [0.25, 0.3) is 0 Å². The molecule has 1 aromatic rings. The van der Waals surface area contributed by atoms with Crippen LogP contribution in [0.1, 0.15) is 5.56 Å². The molecule has 14 heavy (non-hydrogen) atoms. The van der Waals surface area contributed by atoms with Crippen molar-refractivity contribution in [1.29, 1.82) is 0 Å². The Morgan fingerprint density at radius 3 is 2.79 bits per heavy atom. The van der Waals surface area contributed by atoms with Crippen molar-refractivity contribution >= 4 is 15.9 Å². The van der Waals surface area contributed by atoms with Crippen LogP contribution in [0, 0.1) is 0 Å². The van der Waals surface area contributed by atoms with E-state index in [1.165, 1.54) is 0 Å². The second-order valence-corrected chi connectivity index (χ2v) is 3.67. The summed E-state index contributed by atoms with van der Waals surface area (Å²) < 4.78 is 6.52. The zero-order chi connectivity index (χ0) is 10.2. The minimum atomic E-state index is 0.568. The number of benzene rings is 1. The maximum absolute atomic E-state index is 5.43. The van der Waals surface area contributed by atoms with Gasteiger partial charge in [-0.1, -0.05) is 46.3 Å². The molecule has 0 spiro atoms. The standard InChI is InChI=1S/C11H14BrNO/c12-11-6-2-1-5-10(11)9-14-8-4-3-7-13/h1-6H,7-9,13H2/b4-3+. The molecular weight excluding hydrogens is 242 g/mol. The maximum atomic E-state index is 5.43. The van der Waals surface area contributed by atoms with Crippen LogP contribution in [0.2, 0.25) is 0 Å². The van der Waals surface area contributed by atoms with E-state index in [1.54, 1.807) is 0 Å². The molecule has 0 aliphatic rings. The van der Waals surface area contributed by atoms with Gasteiger partial charge in [0, 0.05) is 11.0 Å². The van der Waals surface area contributed by atoms with Gasteiger partial charge in [0.2, 0.25) is 0 Å². The summed E-state index contributed by atoms with van der Waals surface area (Å²) in [5.74, 6) is 0. The fraction of sp³-hybridized carbons (Fsp3) is 0.273. The van der Waals surface area contributed by atoms with E-state index < -0.39 is 0 Å². The molecule has 2 nitrogen and oxygen atoms in total. The smallest absolute Gasteiger partial charge is 0.0732 e. The Morgan fingerprint density at radius 1 is 1.29 bits per heavy atom. The van der Waals surface area contributed by atoms with Crippen molar-refractivity contribution in [3.63, 3.8) is 0 Å². The molecule has 0 saturated heterocycles. The maximum Gasteiger partial charge on any atom is 0.0732 e. The molecule has 0 radical (unpaired) electrons. The Morgan fingerprint density at radius 2 is 2.07 bits per heavy atom. The third kappa shape index (κ3) is 4.05. The number of halogens is 1. The van der Waals surface area contributed by atoms with Gasteiger partial charge >= 0.3 is 0 Å². The highest BCUT2D eigenvalue weighted by molar-refractivity contribution is 9.10. The minimum absolute atomic E-state index is 0.568. The van der Waals surface area contributed by atoms with Gasteiger partial charge in [0.15, 0.2) is 0 Å². The molecule has 0 atom stereocenters. The number of hydrogen-bond acceptors (Lipinski definition) is 2. The van der Waals surface area contributed by atoms with Crippen LogP contribution < -0.4 is 5.73 Å². The molecule has 0 aliphatic heterocycles. The van der Waals surface area contributed by atoms with Crippen LogP contribution in [0.25, 0.3) is 0 Å². The lowest BCUT2D eigenvalue weighted by Gasteiger charge is -2.03. The van der Waals surface area contributed by atoms with Crippen LogP contribution in [0.3, 0.4) is 0 Å². The van der Waals surface area contributed by atoms with Crippen molar-refractivity contribution < 1.29 is 4.74 Å². The molecule has 0 fully saturated rings. The zero-order valence-corrected chi connectivity index (χ0v) is 9.53. The molecule has 0 unspecified atom stereocenters. The summed E-state index contributed by atoms with van der Waals surface area (Å²) >= 11 is 3.46. The largest absolute Gasteiger partial charge is 0.373 e. The number of hydrogen-bond donors (Lipinski definition) is 1. The van der Waals surface area contributed by atoms with Gasteiger partial charge in [0.05, 0.1) is 13.2 Å². The first kappa shape index (κ1) is 11.4. The lowest BCUT2D eigenvalue weighted by molar-refractivity contribution is 0.148. The highest BCUT2D eigenvalue weighted by Crippen LogP contribution is 2.16. The molecule has 2 N–H and O–H groups in total. The Kier molecular flexibility index (Phi) is 5.52. The van der Waals surface area contributed by atoms with Crippen LogP contribution in [-0.2, 0) is 11.3 Å². The van der Waals surface area contributed by atoms with E-state index in [9.17, 15) is 0 Å². The fourth-order valence-corrected chi connectivity index (χ4v) is 1.42. The van der Waals surface area contributed by atoms with Crippen molar-refractivity contribution in [2.45, 2.75) is 6.61 Å². The lowest BCUT2D eigenvalue weighted by Crippen LogP contribution is -1.96. The summed E-state index contributed by atoms with van der Waals surface area (Å²) in [6.07, 6.45) is 3.82.